The summed E-state index contributed by atoms with van der Waals surface area (Å²) in [5.74, 6) is -0.447. The van der Waals surface area contributed by atoms with E-state index in [4.69, 9.17) is 4.74 Å². The van der Waals surface area contributed by atoms with Crippen LogP contribution >= 0.6 is 0 Å². The molecular weight excluding hydrogens is 196 g/mol. The van der Waals surface area contributed by atoms with Crippen LogP contribution < -0.4 is 10.6 Å². The maximum atomic E-state index is 10.7. The summed E-state index contributed by atoms with van der Waals surface area (Å²) in [4.78, 5) is 21.4. The van der Waals surface area contributed by atoms with E-state index in [0.29, 0.717) is 26.3 Å². The lowest BCUT2D eigenvalue weighted by molar-refractivity contribution is -0.117. The van der Waals surface area contributed by atoms with Crippen LogP contribution in [0.5, 0.6) is 0 Å². The molecule has 0 saturated heterocycles. The van der Waals surface area contributed by atoms with Gasteiger partial charge in [0.05, 0.1) is 13.2 Å². The quantitative estimate of drug-likeness (QED) is 0.425. The monoisotopic (exact) mass is 212 g/mol. The van der Waals surface area contributed by atoms with Crippen molar-refractivity contribution in [3.05, 3.63) is 25.3 Å². The summed E-state index contributed by atoms with van der Waals surface area (Å²) in [5.41, 5.74) is 0. The minimum atomic E-state index is -0.224. The second-order valence-electron chi connectivity index (χ2n) is 2.60. The Hall–Kier alpha value is -1.62. The van der Waals surface area contributed by atoms with E-state index in [2.05, 4.69) is 23.8 Å². The first-order valence-corrected chi connectivity index (χ1v) is 4.59. The van der Waals surface area contributed by atoms with E-state index in [1.165, 1.54) is 12.2 Å². The first-order valence-electron chi connectivity index (χ1n) is 4.59. The molecule has 0 aliphatic heterocycles. The van der Waals surface area contributed by atoms with Gasteiger partial charge in [-0.25, -0.2) is 0 Å². The third-order valence-electron chi connectivity index (χ3n) is 1.46. The van der Waals surface area contributed by atoms with Gasteiger partial charge in [-0.05, 0) is 12.2 Å². The van der Waals surface area contributed by atoms with Gasteiger partial charge in [0.1, 0.15) is 0 Å². The van der Waals surface area contributed by atoms with Gasteiger partial charge in [-0.2, -0.15) is 0 Å². The summed E-state index contributed by atoms with van der Waals surface area (Å²) in [7, 11) is 0. The minimum Gasteiger partial charge on any atom is -0.378 e. The van der Waals surface area contributed by atoms with Crippen LogP contribution in [0.1, 0.15) is 0 Å². The largest absolute Gasteiger partial charge is 0.378 e. The molecule has 2 N–H and O–H groups in total. The predicted molar refractivity (Wildman–Crippen MR) is 57.2 cm³/mol. The highest BCUT2D eigenvalue weighted by molar-refractivity contribution is 5.87. The Morgan fingerprint density at radius 1 is 1.00 bits per heavy atom. The number of ether oxygens (including phenoxy) is 1. The fourth-order valence-electron chi connectivity index (χ4n) is 0.739. The molecule has 0 fully saturated rings. The molecule has 5 nitrogen and oxygen atoms in total. The lowest BCUT2D eigenvalue weighted by atomic mass is 10.5. The first kappa shape index (κ1) is 13.4. The van der Waals surface area contributed by atoms with Crippen molar-refractivity contribution in [1.29, 1.82) is 0 Å². The summed E-state index contributed by atoms with van der Waals surface area (Å²) >= 11 is 0. The molecule has 0 aromatic carbocycles. The molecule has 0 bridgehead atoms. The smallest absolute Gasteiger partial charge is 0.243 e. The van der Waals surface area contributed by atoms with Crippen LogP contribution in [0.25, 0.3) is 0 Å². The Kier molecular flexibility index (Phi) is 7.99. The number of hydrogen-bond donors (Lipinski definition) is 2. The summed E-state index contributed by atoms with van der Waals surface area (Å²) in [6.07, 6.45) is 2.40. The van der Waals surface area contributed by atoms with Crippen LogP contribution in [0.2, 0.25) is 0 Å². The summed E-state index contributed by atoms with van der Waals surface area (Å²) < 4.78 is 5.13. The molecule has 84 valence electrons. The van der Waals surface area contributed by atoms with Crippen LogP contribution in [0.4, 0.5) is 0 Å². The third-order valence-corrected chi connectivity index (χ3v) is 1.46. The van der Waals surface area contributed by atoms with Crippen LogP contribution in [0.3, 0.4) is 0 Å². The van der Waals surface area contributed by atoms with Crippen LogP contribution in [-0.2, 0) is 14.3 Å². The SMILES string of the molecule is C=CC(=O)NCCOCCNC(=O)C=C. The Labute approximate surface area is 89.2 Å². The van der Waals surface area contributed by atoms with E-state index < -0.39 is 0 Å². The van der Waals surface area contributed by atoms with Gasteiger partial charge in [0, 0.05) is 13.1 Å². The highest BCUT2D eigenvalue weighted by Gasteiger charge is 1.94. The first-order chi connectivity index (χ1) is 7.20. The molecule has 0 aliphatic carbocycles. The van der Waals surface area contributed by atoms with E-state index >= 15 is 0 Å². The molecule has 0 radical (unpaired) electrons. The minimum absolute atomic E-state index is 0.224. The van der Waals surface area contributed by atoms with Crippen LogP contribution in [0.15, 0.2) is 25.3 Å². The van der Waals surface area contributed by atoms with Gasteiger partial charge in [-0.3, -0.25) is 9.59 Å². The number of carbonyl (C=O) groups excluding carboxylic acids is 2. The fourth-order valence-corrected chi connectivity index (χ4v) is 0.739. The van der Waals surface area contributed by atoms with Crippen molar-refractivity contribution >= 4 is 11.8 Å². The Bertz CT molecular complexity index is 215. The van der Waals surface area contributed by atoms with Gasteiger partial charge < -0.3 is 15.4 Å². The van der Waals surface area contributed by atoms with E-state index in [-0.39, 0.29) is 11.8 Å². The molecule has 0 heterocycles. The van der Waals surface area contributed by atoms with Gasteiger partial charge >= 0.3 is 0 Å². The van der Waals surface area contributed by atoms with E-state index in [9.17, 15) is 9.59 Å². The predicted octanol–water partition coefficient (Wildman–Crippen LogP) is -0.393. The lowest BCUT2D eigenvalue weighted by Crippen LogP contribution is -2.28. The van der Waals surface area contributed by atoms with Gasteiger partial charge in [0.2, 0.25) is 11.8 Å². The molecule has 15 heavy (non-hydrogen) atoms. The fraction of sp³-hybridized carbons (Fsp3) is 0.400. The number of carbonyl (C=O) groups is 2. The highest BCUT2D eigenvalue weighted by atomic mass is 16.5. The Morgan fingerprint density at radius 3 is 1.73 bits per heavy atom. The molecule has 0 atom stereocenters. The summed E-state index contributed by atoms with van der Waals surface area (Å²) in [6.45, 7) is 8.29. The van der Waals surface area contributed by atoms with Crippen molar-refractivity contribution in [3.8, 4) is 0 Å². The van der Waals surface area contributed by atoms with Crippen molar-refractivity contribution in [1.82, 2.24) is 10.6 Å². The second-order valence-corrected chi connectivity index (χ2v) is 2.60. The summed E-state index contributed by atoms with van der Waals surface area (Å²) in [6, 6.07) is 0. The highest BCUT2D eigenvalue weighted by Crippen LogP contribution is 1.74. The van der Waals surface area contributed by atoms with Gasteiger partial charge in [-0.1, -0.05) is 13.2 Å². The standard InChI is InChI=1S/C10H16N2O3/c1-3-9(13)11-5-7-15-8-6-12-10(14)4-2/h3-4H,1-2,5-8H2,(H,11,13)(H,12,14). The Balaban J connectivity index is 3.18. The number of hydrogen-bond acceptors (Lipinski definition) is 3. The zero-order valence-corrected chi connectivity index (χ0v) is 8.62. The topological polar surface area (TPSA) is 67.4 Å². The molecule has 0 saturated carbocycles. The summed E-state index contributed by atoms with van der Waals surface area (Å²) in [5, 5.41) is 5.12. The maximum absolute atomic E-state index is 10.7. The molecule has 0 rings (SSSR count). The van der Waals surface area contributed by atoms with Crippen LogP contribution in [0, 0.1) is 0 Å². The lowest BCUT2D eigenvalue weighted by Gasteiger charge is -2.05. The Morgan fingerprint density at radius 2 is 1.40 bits per heavy atom. The van der Waals surface area contributed by atoms with Crippen molar-refractivity contribution in [2.24, 2.45) is 0 Å². The number of amides is 2. The van der Waals surface area contributed by atoms with Crippen molar-refractivity contribution in [3.63, 3.8) is 0 Å². The average molecular weight is 212 g/mol. The van der Waals surface area contributed by atoms with Crippen LogP contribution in [-0.4, -0.2) is 38.1 Å². The number of rotatable bonds is 8. The van der Waals surface area contributed by atoms with Gasteiger partial charge in [0.15, 0.2) is 0 Å². The van der Waals surface area contributed by atoms with Crippen molar-refractivity contribution < 1.29 is 14.3 Å². The maximum Gasteiger partial charge on any atom is 0.243 e. The molecule has 0 unspecified atom stereocenters. The average Bonchev–Trinajstić information content (AvgIpc) is 2.26. The number of nitrogens with one attached hydrogen (secondary N) is 2. The van der Waals surface area contributed by atoms with E-state index in [1.807, 2.05) is 0 Å². The normalized spacial score (nSPS) is 9.07. The molecule has 5 heteroatoms. The second kappa shape index (κ2) is 8.96. The molecular formula is C10H16N2O3. The molecule has 0 aliphatic rings. The molecule has 0 aromatic rings. The molecule has 0 aromatic heterocycles. The molecule has 0 spiro atoms. The zero-order valence-electron chi connectivity index (χ0n) is 8.62. The van der Waals surface area contributed by atoms with Gasteiger partial charge in [-0.15, -0.1) is 0 Å². The van der Waals surface area contributed by atoms with E-state index in [0.717, 1.165) is 0 Å². The van der Waals surface area contributed by atoms with Crippen molar-refractivity contribution in [2.75, 3.05) is 26.3 Å². The van der Waals surface area contributed by atoms with Gasteiger partial charge in [0.25, 0.3) is 0 Å². The van der Waals surface area contributed by atoms with E-state index in [1.54, 1.807) is 0 Å². The zero-order chi connectivity index (χ0) is 11.5. The van der Waals surface area contributed by atoms with Crippen molar-refractivity contribution in [2.45, 2.75) is 0 Å². The molecule has 2 amide bonds. The third kappa shape index (κ3) is 8.70.